The molecule has 0 aromatic heterocycles. The summed E-state index contributed by atoms with van der Waals surface area (Å²) in [5, 5.41) is 12.4. The Labute approximate surface area is 106 Å². The third-order valence-electron chi connectivity index (χ3n) is 3.14. The van der Waals surface area contributed by atoms with E-state index >= 15 is 0 Å². The lowest BCUT2D eigenvalue weighted by atomic mass is 10.2. The van der Waals surface area contributed by atoms with Gasteiger partial charge in [-0.2, -0.15) is 5.26 Å². The van der Waals surface area contributed by atoms with Gasteiger partial charge in [0.25, 0.3) is 0 Å². The minimum absolute atomic E-state index is 0.0345. The van der Waals surface area contributed by atoms with Crippen molar-refractivity contribution in [2.45, 2.75) is 39.3 Å². The van der Waals surface area contributed by atoms with Crippen LogP contribution in [0.5, 0.6) is 0 Å². The van der Waals surface area contributed by atoms with Crippen molar-refractivity contribution in [1.29, 1.82) is 5.26 Å². The summed E-state index contributed by atoms with van der Waals surface area (Å²) in [5.74, 6) is 0. The maximum Gasteiger partial charge on any atom is 0.108 e. The van der Waals surface area contributed by atoms with E-state index in [1.54, 1.807) is 0 Å². The number of hydrogen-bond acceptors (Lipinski definition) is 4. The van der Waals surface area contributed by atoms with Gasteiger partial charge >= 0.3 is 0 Å². The third-order valence-corrected chi connectivity index (χ3v) is 3.14. The number of nitrogens with zero attached hydrogens (tertiary/aromatic N) is 3. The summed E-state index contributed by atoms with van der Waals surface area (Å²) in [6.07, 6.45) is 1.23. The van der Waals surface area contributed by atoms with Crippen LogP contribution in [0.2, 0.25) is 0 Å². The Morgan fingerprint density at radius 1 is 1.18 bits per heavy atom. The first kappa shape index (κ1) is 14.4. The Morgan fingerprint density at radius 3 is 2.24 bits per heavy atom. The molecule has 0 bridgehead atoms. The number of nitriles is 1. The topological polar surface area (TPSA) is 42.3 Å². The highest BCUT2D eigenvalue weighted by molar-refractivity contribution is 4.93. The van der Waals surface area contributed by atoms with Gasteiger partial charge in [0, 0.05) is 38.8 Å². The number of rotatable bonds is 6. The molecular formula is C13H26N4. The van der Waals surface area contributed by atoms with Crippen molar-refractivity contribution in [3.63, 3.8) is 0 Å². The highest BCUT2D eigenvalue weighted by Gasteiger charge is 2.19. The van der Waals surface area contributed by atoms with Crippen LogP contribution in [-0.4, -0.2) is 61.2 Å². The molecule has 1 rings (SSSR count). The molecular weight excluding hydrogens is 212 g/mol. The Hall–Kier alpha value is -0.630. The minimum Gasteiger partial charge on any atom is -0.301 e. The van der Waals surface area contributed by atoms with Crippen LogP contribution in [0.1, 0.15) is 27.2 Å². The van der Waals surface area contributed by atoms with Crippen LogP contribution in [0.25, 0.3) is 0 Å². The molecule has 0 saturated carbocycles. The van der Waals surface area contributed by atoms with Crippen molar-refractivity contribution < 1.29 is 0 Å². The van der Waals surface area contributed by atoms with E-state index < -0.39 is 0 Å². The van der Waals surface area contributed by atoms with E-state index in [0.29, 0.717) is 6.04 Å². The molecule has 0 spiro atoms. The van der Waals surface area contributed by atoms with Gasteiger partial charge in [0.2, 0.25) is 0 Å². The van der Waals surface area contributed by atoms with Crippen LogP contribution >= 0.6 is 0 Å². The average molecular weight is 238 g/mol. The second-order valence-electron chi connectivity index (χ2n) is 5.15. The first-order valence-electron chi connectivity index (χ1n) is 6.76. The SMILES string of the molecule is CCCN1CCN(CC(C#N)NC(C)C)CC1. The van der Waals surface area contributed by atoms with E-state index in [1.807, 2.05) is 0 Å². The monoisotopic (exact) mass is 238 g/mol. The molecule has 17 heavy (non-hydrogen) atoms. The van der Waals surface area contributed by atoms with Gasteiger partial charge in [0.15, 0.2) is 0 Å². The zero-order chi connectivity index (χ0) is 12.7. The highest BCUT2D eigenvalue weighted by Crippen LogP contribution is 2.03. The predicted octanol–water partition coefficient (Wildman–Crippen LogP) is 0.904. The summed E-state index contributed by atoms with van der Waals surface area (Å²) in [5.41, 5.74) is 0. The van der Waals surface area contributed by atoms with Crippen molar-refractivity contribution in [3.05, 3.63) is 0 Å². The van der Waals surface area contributed by atoms with E-state index in [9.17, 15) is 0 Å². The fraction of sp³-hybridized carbons (Fsp3) is 0.923. The molecule has 1 heterocycles. The zero-order valence-corrected chi connectivity index (χ0v) is 11.4. The van der Waals surface area contributed by atoms with Crippen molar-refractivity contribution in [2.24, 2.45) is 0 Å². The smallest absolute Gasteiger partial charge is 0.108 e. The van der Waals surface area contributed by atoms with E-state index in [0.717, 1.165) is 32.7 Å². The van der Waals surface area contributed by atoms with Crippen LogP contribution in [0.15, 0.2) is 0 Å². The summed E-state index contributed by atoms with van der Waals surface area (Å²) in [4.78, 5) is 4.91. The van der Waals surface area contributed by atoms with Gasteiger partial charge in [-0.3, -0.25) is 10.2 Å². The van der Waals surface area contributed by atoms with Gasteiger partial charge in [0.05, 0.1) is 6.07 Å². The van der Waals surface area contributed by atoms with Gasteiger partial charge in [-0.1, -0.05) is 6.92 Å². The summed E-state index contributed by atoms with van der Waals surface area (Å²) in [6.45, 7) is 12.9. The quantitative estimate of drug-likeness (QED) is 0.747. The molecule has 0 aliphatic carbocycles. The Balaban J connectivity index is 2.27. The Kier molecular flexibility index (Phi) is 6.49. The molecule has 1 atom stereocenters. The lowest BCUT2D eigenvalue weighted by Crippen LogP contribution is -2.51. The van der Waals surface area contributed by atoms with Crippen molar-refractivity contribution in [3.8, 4) is 6.07 Å². The molecule has 1 unspecified atom stereocenters. The molecule has 1 N–H and O–H groups in total. The second-order valence-corrected chi connectivity index (χ2v) is 5.15. The number of piperazine rings is 1. The standard InChI is InChI=1S/C13H26N4/c1-4-5-16-6-8-17(9-7-16)11-13(10-14)15-12(2)3/h12-13,15H,4-9,11H2,1-3H3. The van der Waals surface area contributed by atoms with Gasteiger partial charge in [0.1, 0.15) is 6.04 Å². The van der Waals surface area contributed by atoms with Crippen LogP contribution < -0.4 is 5.32 Å². The molecule has 1 aliphatic rings. The lowest BCUT2D eigenvalue weighted by Gasteiger charge is -2.35. The normalized spacial score (nSPS) is 20.4. The molecule has 98 valence electrons. The summed E-state index contributed by atoms with van der Waals surface area (Å²) in [6, 6.07) is 2.69. The van der Waals surface area contributed by atoms with Crippen molar-refractivity contribution in [1.82, 2.24) is 15.1 Å². The van der Waals surface area contributed by atoms with Crippen LogP contribution in [0, 0.1) is 11.3 Å². The highest BCUT2D eigenvalue weighted by atomic mass is 15.3. The van der Waals surface area contributed by atoms with E-state index in [2.05, 4.69) is 42.0 Å². The largest absolute Gasteiger partial charge is 0.301 e. The second kappa shape index (κ2) is 7.65. The van der Waals surface area contributed by atoms with Crippen molar-refractivity contribution >= 4 is 0 Å². The molecule has 1 aliphatic heterocycles. The summed E-state index contributed by atoms with van der Waals surface area (Å²) < 4.78 is 0. The van der Waals surface area contributed by atoms with Gasteiger partial charge in [-0.05, 0) is 26.8 Å². The third kappa shape index (κ3) is 5.49. The molecule has 0 radical (unpaired) electrons. The molecule has 1 fully saturated rings. The average Bonchev–Trinajstić information content (AvgIpc) is 2.30. The van der Waals surface area contributed by atoms with Crippen LogP contribution in [0.3, 0.4) is 0 Å². The minimum atomic E-state index is -0.0345. The first-order chi connectivity index (χ1) is 8.15. The fourth-order valence-corrected chi connectivity index (χ4v) is 2.30. The van der Waals surface area contributed by atoms with E-state index in [-0.39, 0.29) is 6.04 Å². The maximum absolute atomic E-state index is 9.09. The molecule has 1 saturated heterocycles. The van der Waals surface area contributed by atoms with Crippen molar-refractivity contribution in [2.75, 3.05) is 39.3 Å². The van der Waals surface area contributed by atoms with E-state index in [4.69, 9.17) is 5.26 Å². The Bertz CT molecular complexity index is 238. The van der Waals surface area contributed by atoms with Gasteiger partial charge in [-0.25, -0.2) is 0 Å². The van der Waals surface area contributed by atoms with Crippen LogP contribution in [-0.2, 0) is 0 Å². The summed E-state index contributed by atoms with van der Waals surface area (Å²) in [7, 11) is 0. The first-order valence-corrected chi connectivity index (χ1v) is 6.76. The molecule has 0 aromatic carbocycles. The molecule has 4 heteroatoms. The molecule has 0 amide bonds. The van der Waals surface area contributed by atoms with E-state index in [1.165, 1.54) is 13.0 Å². The molecule has 0 aromatic rings. The van der Waals surface area contributed by atoms with Gasteiger partial charge in [-0.15, -0.1) is 0 Å². The Morgan fingerprint density at radius 2 is 1.76 bits per heavy atom. The zero-order valence-electron chi connectivity index (χ0n) is 11.4. The number of hydrogen-bond donors (Lipinski definition) is 1. The van der Waals surface area contributed by atoms with Gasteiger partial charge < -0.3 is 4.90 Å². The number of nitrogens with one attached hydrogen (secondary N) is 1. The lowest BCUT2D eigenvalue weighted by molar-refractivity contribution is 0.127. The maximum atomic E-state index is 9.09. The fourth-order valence-electron chi connectivity index (χ4n) is 2.30. The van der Waals surface area contributed by atoms with Crippen LogP contribution in [0.4, 0.5) is 0 Å². The molecule has 4 nitrogen and oxygen atoms in total. The predicted molar refractivity (Wildman–Crippen MR) is 70.8 cm³/mol. The summed E-state index contributed by atoms with van der Waals surface area (Å²) >= 11 is 0.